The molecule has 0 unspecified atom stereocenters. The predicted octanol–water partition coefficient (Wildman–Crippen LogP) is 2.09. The molecule has 4 rings (SSSR count). The van der Waals surface area contributed by atoms with Crippen molar-refractivity contribution in [3.05, 3.63) is 54.1 Å². The smallest absolute Gasteiger partial charge is 0.233 e. The van der Waals surface area contributed by atoms with Gasteiger partial charge in [0, 0.05) is 38.4 Å². The highest BCUT2D eigenvalue weighted by Crippen LogP contribution is 2.32. The van der Waals surface area contributed by atoms with Crippen LogP contribution in [-0.4, -0.2) is 54.6 Å². The van der Waals surface area contributed by atoms with Crippen molar-refractivity contribution in [1.82, 2.24) is 9.80 Å². The highest BCUT2D eigenvalue weighted by atomic mass is 16.7. The summed E-state index contributed by atoms with van der Waals surface area (Å²) in [5.41, 5.74) is 1.86. The van der Waals surface area contributed by atoms with Gasteiger partial charge in [-0.1, -0.05) is 24.3 Å². The summed E-state index contributed by atoms with van der Waals surface area (Å²) in [6, 6.07) is 15.2. The van der Waals surface area contributed by atoms with Gasteiger partial charge in [0.05, 0.1) is 0 Å². The lowest BCUT2D eigenvalue weighted by Crippen LogP contribution is -2.48. The highest BCUT2D eigenvalue weighted by molar-refractivity contribution is 6.03. The van der Waals surface area contributed by atoms with Crippen LogP contribution in [0.3, 0.4) is 0 Å². The average Bonchev–Trinajstić information content (AvgIpc) is 3.17. The van der Waals surface area contributed by atoms with Gasteiger partial charge in [0.1, 0.15) is 6.42 Å². The molecule has 0 atom stereocenters. The molecular formula is C21H23N3O4. The van der Waals surface area contributed by atoms with Gasteiger partial charge in [0.15, 0.2) is 11.5 Å². The van der Waals surface area contributed by atoms with E-state index in [-0.39, 0.29) is 25.0 Å². The Morgan fingerprint density at radius 3 is 2.46 bits per heavy atom. The molecule has 0 aromatic heterocycles. The van der Waals surface area contributed by atoms with E-state index in [9.17, 15) is 9.59 Å². The third kappa shape index (κ3) is 4.43. The van der Waals surface area contributed by atoms with E-state index < -0.39 is 0 Å². The number of para-hydroxylation sites is 1. The van der Waals surface area contributed by atoms with Crippen molar-refractivity contribution in [3.63, 3.8) is 0 Å². The summed E-state index contributed by atoms with van der Waals surface area (Å²) in [6.07, 6.45) is -0.128. The average molecular weight is 381 g/mol. The van der Waals surface area contributed by atoms with Gasteiger partial charge in [-0.25, -0.2) is 0 Å². The first-order valence-corrected chi connectivity index (χ1v) is 9.41. The minimum Gasteiger partial charge on any atom is -0.454 e. The Labute approximate surface area is 163 Å². The van der Waals surface area contributed by atoms with Crippen molar-refractivity contribution < 1.29 is 19.1 Å². The number of benzene rings is 2. The fourth-order valence-electron chi connectivity index (χ4n) is 3.43. The molecule has 7 nitrogen and oxygen atoms in total. The summed E-state index contributed by atoms with van der Waals surface area (Å²) in [7, 11) is 0. The van der Waals surface area contributed by atoms with Crippen molar-refractivity contribution in [3.8, 4) is 11.5 Å². The second-order valence-electron chi connectivity index (χ2n) is 6.94. The van der Waals surface area contributed by atoms with E-state index in [0.29, 0.717) is 18.8 Å². The van der Waals surface area contributed by atoms with E-state index >= 15 is 0 Å². The van der Waals surface area contributed by atoms with E-state index in [1.807, 2.05) is 36.4 Å². The van der Waals surface area contributed by atoms with Crippen LogP contribution in [0, 0.1) is 0 Å². The number of carbonyl (C=O) groups excluding carboxylic acids is 2. The van der Waals surface area contributed by atoms with Crippen LogP contribution in [0.25, 0.3) is 0 Å². The maximum absolute atomic E-state index is 12.4. The third-order valence-electron chi connectivity index (χ3n) is 4.94. The van der Waals surface area contributed by atoms with Crippen molar-refractivity contribution in [2.45, 2.75) is 13.0 Å². The van der Waals surface area contributed by atoms with Crippen LogP contribution >= 0.6 is 0 Å². The molecule has 2 heterocycles. The molecule has 28 heavy (non-hydrogen) atoms. The molecule has 0 spiro atoms. The first kappa shape index (κ1) is 18.3. The molecule has 0 saturated carbocycles. The highest BCUT2D eigenvalue weighted by Gasteiger charge is 2.23. The minimum atomic E-state index is -0.279. The lowest BCUT2D eigenvalue weighted by Gasteiger charge is -2.34. The minimum absolute atomic E-state index is 0.128. The van der Waals surface area contributed by atoms with Gasteiger partial charge in [0.25, 0.3) is 0 Å². The Morgan fingerprint density at radius 1 is 0.929 bits per heavy atom. The normalized spacial score (nSPS) is 16.1. The number of carbonyl (C=O) groups is 2. The summed E-state index contributed by atoms with van der Waals surface area (Å²) in [6.45, 7) is 3.88. The number of nitrogens with zero attached hydrogens (tertiary/aromatic N) is 2. The maximum Gasteiger partial charge on any atom is 0.233 e. The molecule has 2 amide bonds. The molecule has 2 aliphatic heterocycles. The van der Waals surface area contributed by atoms with Crippen LogP contribution in [0.4, 0.5) is 5.69 Å². The third-order valence-corrected chi connectivity index (χ3v) is 4.94. The van der Waals surface area contributed by atoms with Gasteiger partial charge >= 0.3 is 0 Å². The predicted molar refractivity (Wildman–Crippen MR) is 104 cm³/mol. The summed E-state index contributed by atoms with van der Waals surface area (Å²) >= 11 is 0. The molecule has 2 aliphatic rings. The SMILES string of the molecule is O=C(CC(=O)N1CCN(Cc2ccc3c(c2)OCO3)CC1)Nc1ccccc1. The number of hydrogen-bond donors (Lipinski definition) is 1. The fourth-order valence-corrected chi connectivity index (χ4v) is 3.43. The number of ether oxygens (including phenoxy) is 2. The van der Waals surface area contributed by atoms with E-state index in [2.05, 4.69) is 10.2 Å². The molecule has 1 saturated heterocycles. The Balaban J connectivity index is 1.23. The lowest BCUT2D eigenvalue weighted by molar-refractivity contribution is -0.136. The number of piperazine rings is 1. The molecule has 1 N–H and O–H groups in total. The van der Waals surface area contributed by atoms with E-state index in [1.54, 1.807) is 17.0 Å². The second kappa shape index (κ2) is 8.31. The van der Waals surface area contributed by atoms with Gasteiger partial charge in [-0.15, -0.1) is 0 Å². The Hall–Kier alpha value is -3.06. The molecule has 0 aliphatic carbocycles. The molecule has 2 aromatic rings. The van der Waals surface area contributed by atoms with Crippen LogP contribution in [-0.2, 0) is 16.1 Å². The zero-order valence-corrected chi connectivity index (χ0v) is 15.6. The zero-order valence-electron chi connectivity index (χ0n) is 15.6. The van der Waals surface area contributed by atoms with Crippen molar-refractivity contribution in [1.29, 1.82) is 0 Å². The molecule has 2 aromatic carbocycles. The van der Waals surface area contributed by atoms with Crippen molar-refractivity contribution in [2.24, 2.45) is 0 Å². The molecule has 146 valence electrons. The monoisotopic (exact) mass is 381 g/mol. The largest absolute Gasteiger partial charge is 0.454 e. The Morgan fingerprint density at radius 2 is 1.68 bits per heavy atom. The fraction of sp³-hybridized carbons (Fsp3) is 0.333. The standard InChI is InChI=1S/C21H23N3O4/c25-20(22-17-4-2-1-3-5-17)13-21(26)24-10-8-23(9-11-24)14-16-6-7-18-19(12-16)28-15-27-18/h1-7,12H,8-11,13-15H2,(H,22,25). The van der Waals surface area contributed by atoms with E-state index in [4.69, 9.17) is 9.47 Å². The topological polar surface area (TPSA) is 71.1 Å². The van der Waals surface area contributed by atoms with Gasteiger partial charge in [-0.3, -0.25) is 14.5 Å². The van der Waals surface area contributed by atoms with Crippen LogP contribution < -0.4 is 14.8 Å². The quantitative estimate of drug-likeness (QED) is 0.803. The summed E-state index contributed by atoms with van der Waals surface area (Å²) < 4.78 is 10.8. The van der Waals surface area contributed by atoms with E-state index in [1.165, 1.54) is 0 Å². The lowest BCUT2D eigenvalue weighted by atomic mass is 10.1. The first-order valence-electron chi connectivity index (χ1n) is 9.41. The Bertz CT molecular complexity index is 848. The summed E-state index contributed by atoms with van der Waals surface area (Å²) in [5.74, 6) is 1.17. The number of amides is 2. The molecular weight excluding hydrogens is 358 g/mol. The van der Waals surface area contributed by atoms with E-state index in [0.717, 1.165) is 36.7 Å². The number of fused-ring (bicyclic) bond motifs is 1. The summed E-state index contributed by atoms with van der Waals surface area (Å²) in [4.78, 5) is 28.5. The van der Waals surface area contributed by atoms with Crippen molar-refractivity contribution in [2.75, 3.05) is 38.3 Å². The van der Waals surface area contributed by atoms with Gasteiger partial charge in [0.2, 0.25) is 18.6 Å². The first-order chi connectivity index (χ1) is 13.7. The Kier molecular flexibility index (Phi) is 5.43. The number of rotatable bonds is 5. The molecule has 1 fully saturated rings. The molecule has 0 radical (unpaired) electrons. The van der Waals surface area contributed by atoms with Crippen LogP contribution in [0.1, 0.15) is 12.0 Å². The molecule has 7 heteroatoms. The van der Waals surface area contributed by atoms with Crippen LogP contribution in [0.2, 0.25) is 0 Å². The number of hydrogen-bond acceptors (Lipinski definition) is 5. The zero-order chi connectivity index (χ0) is 19.3. The summed E-state index contributed by atoms with van der Waals surface area (Å²) in [5, 5.41) is 2.75. The van der Waals surface area contributed by atoms with Crippen LogP contribution in [0.15, 0.2) is 48.5 Å². The van der Waals surface area contributed by atoms with Crippen molar-refractivity contribution >= 4 is 17.5 Å². The molecule has 0 bridgehead atoms. The van der Waals surface area contributed by atoms with Gasteiger partial charge in [-0.2, -0.15) is 0 Å². The maximum atomic E-state index is 12.4. The van der Waals surface area contributed by atoms with Crippen LogP contribution in [0.5, 0.6) is 11.5 Å². The second-order valence-corrected chi connectivity index (χ2v) is 6.94. The number of nitrogens with one attached hydrogen (secondary N) is 1. The number of anilines is 1. The van der Waals surface area contributed by atoms with Gasteiger partial charge in [-0.05, 0) is 29.8 Å². The van der Waals surface area contributed by atoms with Gasteiger partial charge < -0.3 is 19.7 Å².